The second-order valence-electron chi connectivity index (χ2n) is 5.74. The highest BCUT2D eigenvalue weighted by atomic mass is 16.2. The van der Waals surface area contributed by atoms with Crippen molar-refractivity contribution in [3.8, 4) is 0 Å². The summed E-state index contributed by atoms with van der Waals surface area (Å²) in [6.07, 6.45) is 3.66. The van der Waals surface area contributed by atoms with Gasteiger partial charge in [-0.05, 0) is 62.8 Å². The van der Waals surface area contributed by atoms with Gasteiger partial charge in [0, 0.05) is 30.9 Å². The number of rotatable bonds is 7. The first-order valence-electron chi connectivity index (χ1n) is 7.79. The van der Waals surface area contributed by atoms with Crippen LogP contribution >= 0.6 is 0 Å². The number of nitrogens with one attached hydrogen (secondary N) is 1. The molecule has 20 heavy (non-hydrogen) atoms. The first-order valence-corrected chi connectivity index (χ1v) is 7.79. The van der Waals surface area contributed by atoms with Crippen LogP contribution in [-0.2, 0) is 0 Å². The number of aryl methyl sites for hydroxylation is 1. The van der Waals surface area contributed by atoms with Gasteiger partial charge in [0.15, 0.2) is 0 Å². The molecule has 1 saturated carbocycles. The minimum Gasteiger partial charge on any atom is -0.385 e. The van der Waals surface area contributed by atoms with E-state index in [4.69, 9.17) is 0 Å². The first kappa shape index (κ1) is 14.9. The molecule has 0 spiro atoms. The van der Waals surface area contributed by atoms with Gasteiger partial charge < -0.3 is 10.2 Å². The summed E-state index contributed by atoms with van der Waals surface area (Å²) in [5.41, 5.74) is 3.01. The van der Waals surface area contributed by atoms with Crippen LogP contribution in [0.3, 0.4) is 0 Å². The average Bonchev–Trinajstić information content (AvgIpc) is 3.26. The van der Waals surface area contributed by atoms with E-state index in [2.05, 4.69) is 25.2 Å². The highest BCUT2D eigenvalue weighted by Gasteiger charge is 2.26. The number of benzene rings is 1. The third-order valence-corrected chi connectivity index (χ3v) is 3.88. The lowest BCUT2D eigenvalue weighted by molar-refractivity contribution is 0.0756. The zero-order valence-corrected chi connectivity index (χ0v) is 12.9. The molecule has 3 heteroatoms. The molecule has 0 unspecified atom stereocenters. The van der Waals surface area contributed by atoms with Gasteiger partial charge in [0.1, 0.15) is 0 Å². The molecule has 1 fully saturated rings. The lowest BCUT2D eigenvalue weighted by atomic mass is 10.1. The zero-order chi connectivity index (χ0) is 14.5. The van der Waals surface area contributed by atoms with Crippen molar-refractivity contribution in [1.82, 2.24) is 4.90 Å². The van der Waals surface area contributed by atoms with Crippen molar-refractivity contribution in [2.45, 2.75) is 40.0 Å². The first-order chi connectivity index (χ1) is 9.65. The molecule has 0 aromatic heterocycles. The summed E-state index contributed by atoms with van der Waals surface area (Å²) >= 11 is 0. The number of amides is 1. The highest BCUT2D eigenvalue weighted by Crippen LogP contribution is 2.30. The molecule has 110 valence electrons. The van der Waals surface area contributed by atoms with Gasteiger partial charge in [-0.3, -0.25) is 4.79 Å². The van der Waals surface area contributed by atoms with Crippen LogP contribution in [0.2, 0.25) is 0 Å². The van der Waals surface area contributed by atoms with Gasteiger partial charge in [-0.15, -0.1) is 0 Å². The minimum absolute atomic E-state index is 0.180. The molecule has 2 rings (SSSR count). The molecular formula is C17H26N2O. The summed E-state index contributed by atoms with van der Waals surface area (Å²) in [6, 6.07) is 6.06. The Morgan fingerprint density at radius 3 is 2.65 bits per heavy atom. The highest BCUT2D eigenvalue weighted by molar-refractivity contribution is 5.96. The van der Waals surface area contributed by atoms with E-state index in [0.717, 1.165) is 48.8 Å². The van der Waals surface area contributed by atoms with Gasteiger partial charge in [-0.2, -0.15) is 0 Å². The van der Waals surface area contributed by atoms with Crippen LogP contribution in [0.5, 0.6) is 0 Å². The summed E-state index contributed by atoms with van der Waals surface area (Å²) in [5.74, 6) is 0.920. The lowest BCUT2D eigenvalue weighted by Crippen LogP contribution is -2.33. The van der Waals surface area contributed by atoms with Crippen LogP contribution in [0.4, 0.5) is 5.69 Å². The molecular weight excluding hydrogens is 248 g/mol. The third-order valence-electron chi connectivity index (χ3n) is 3.88. The fourth-order valence-corrected chi connectivity index (χ4v) is 2.42. The largest absolute Gasteiger partial charge is 0.385 e. The molecule has 3 nitrogen and oxygen atoms in total. The van der Waals surface area contributed by atoms with Crippen LogP contribution in [0.15, 0.2) is 18.2 Å². The number of nitrogens with zero attached hydrogens (tertiary/aromatic N) is 1. The minimum atomic E-state index is 0.180. The van der Waals surface area contributed by atoms with Crippen molar-refractivity contribution >= 4 is 11.6 Å². The number of anilines is 1. The zero-order valence-electron chi connectivity index (χ0n) is 12.9. The SMILES string of the molecule is CCCNc1ccc(C(=O)N(CC)CC2CC2)c(C)c1. The van der Waals surface area contributed by atoms with Gasteiger partial charge in [0.05, 0.1) is 0 Å². The standard InChI is InChI=1S/C17H26N2O/c1-4-10-18-15-8-9-16(13(3)11-15)17(20)19(5-2)12-14-6-7-14/h8-9,11,14,18H,4-7,10,12H2,1-3H3. The van der Waals surface area contributed by atoms with E-state index in [1.165, 1.54) is 12.8 Å². The van der Waals surface area contributed by atoms with Crippen LogP contribution in [0.1, 0.15) is 49.0 Å². The van der Waals surface area contributed by atoms with E-state index in [0.29, 0.717) is 0 Å². The third kappa shape index (κ3) is 3.75. The molecule has 1 aliphatic carbocycles. The predicted molar refractivity (Wildman–Crippen MR) is 84.3 cm³/mol. The van der Waals surface area contributed by atoms with E-state index in [1.54, 1.807) is 0 Å². The van der Waals surface area contributed by atoms with Crippen LogP contribution < -0.4 is 5.32 Å². The maximum Gasteiger partial charge on any atom is 0.254 e. The topological polar surface area (TPSA) is 32.3 Å². The molecule has 1 amide bonds. The van der Waals surface area contributed by atoms with Gasteiger partial charge in [0.2, 0.25) is 0 Å². The molecule has 0 heterocycles. The Balaban J connectivity index is 2.07. The fourth-order valence-electron chi connectivity index (χ4n) is 2.42. The number of carbonyl (C=O) groups is 1. The van der Waals surface area contributed by atoms with Crippen LogP contribution in [-0.4, -0.2) is 30.4 Å². The van der Waals surface area contributed by atoms with Crippen molar-refractivity contribution in [3.05, 3.63) is 29.3 Å². The Morgan fingerprint density at radius 1 is 1.35 bits per heavy atom. The van der Waals surface area contributed by atoms with Crippen LogP contribution in [0, 0.1) is 12.8 Å². The summed E-state index contributed by atoms with van der Waals surface area (Å²) in [6.45, 7) is 8.92. The van der Waals surface area contributed by atoms with Crippen molar-refractivity contribution in [3.63, 3.8) is 0 Å². The molecule has 0 saturated heterocycles. The summed E-state index contributed by atoms with van der Waals surface area (Å²) in [4.78, 5) is 14.6. The molecule has 0 bridgehead atoms. The summed E-state index contributed by atoms with van der Waals surface area (Å²) < 4.78 is 0. The maximum absolute atomic E-state index is 12.6. The van der Waals surface area contributed by atoms with Crippen molar-refractivity contribution in [2.75, 3.05) is 25.0 Å². The van der Waals surface area contributed by atoms with E-state index in [-0.39, 0.29) is 5.91 Å². The van der Waals surface area contributed by atoms with Crippen LogP contribution in [0.25, 0.3) is 0 Å². The van der Waals surface area contributed by atoms with E-state index in [1.807, 2.05) is 24.0 Å². The van der Waals surface area contributed by atoms with Gasteiger partial charge in [-0.25, -0.2) is 0 Å². The Morgan fingerprint density at radius 2 is 2.10 bits per heavy atom. The van der Waals surface area contributed by atoms with E-state index in [9.17, 15) is 4.79 Å². The summed E-state index contributed by atoms with van der Waals surface area (Å²) in [5, 5.41) is 3.36. The van der Waals surface area contributed by atoms with Crippen molar-refractivity contribution in [1.29, 1.82) is 0 Å². The Bertz CT molecular complexity index is 466. The van der Waals surface area contributed by atoms with Crippen molar-refractivity contribution < 1.29 is 4.79 Å². The number of carbonyl (C=O) groups excluding carboxylic acids is 1. The molecule has 1 aromatic carbocycles. The van der Waals surface area contributed by atoms with Crippen molar-refractivity contribution in [2.24, 2.45) is 5.92 Å². The predicted octanol–water partition coefficient (Wildman–Crippen LogP) is 3.69. The quantitative estimate of drug-likeness (QED) is 0.822. The molecule has 1 aromatic rings. The normalized spacial score (nSPS) is 14.2. The fraction of sp³-hybridized carbons (Fsp3) is 0.588. The summed E-state index contributed by atoms with van der Waals surface area (Å²) in [7, 11) is 0. The molecule has 0 radical (unpaired) electrons. The average molecular weight is 274 g/mol. The lowest BCUT2D eigenvalue weighted by Gasteiger charge is -2.22. The smallest absolute Gasteiger partial charge is 0.254 e. The van der Waals surface area contributed by atoms with Gasteiger partial charge in [-0.1, -0.05) is 6.92 Å². The van der Waals surface area contributed by atoms with E-state index >= 15 is 0 Å². The van der Waals surface area contributed by atoms with Gasteiger partial charge >= 0.3 is 0 Å². The molecule has 1 aliphatic rings. The Labute approximate surface area is 122 Å². The molecule has 0 aliphatic heterocycles. The van der Waals surface area contributed by atoms with E-state index < -0.39 is 0 Å². The monoisotopic (exact) mass is 274 g/mol. The second kappa shape index (κ2) is 6.78. The number of hydrogen-bond donors (Lipinski definition) is 1. The second-order valence-corrected chi connectivity index (χ2v) is 5.74. The Hall–Kier alpha value is -1.51. The Kier molecular flexibility index (Phi) is 5.05. The molecule has 1 N–H and O–H groups in total. The number of hydrogen-bond acceptors (Lipinski definition) is 2. The maximum atomic E-state index is 12.6. The molecule has 0 atom stereocenters. The van der Waals surface area contributed by atoms with Gasteiger partial charge in [0.25, 0.3) is 5.91 Å².